The van der Waals surface area contributed by atoms with Crippen LogP contribution in [0.3, 0.4) is 0 Å². The van der Waals surface area contributed by atoms with Gasteiger partial charge < -0.3 is 5.32 Å². The fraction of sp³-hybridized carbons (Fsp3) is 0.261. The minimum Gasteiger partial charge on any atom is -0.352 e. The molecule has 0 spiro atoms. The highest BCUT2D eigenvalue weighted by molar-refractivity contribution is 7.16. The van der Waals surface area contributed by atoms with Gasteiger partial charge in [0.2, 0.25) is 0 Å². The van der Waals surface area contributed by atoms with Gasteiger partial charge in [-0.15, -0.1) is 22.7 Å². The lowest BCUT2D eigenvalue weighted by atomic mass is 10.1. The Bertz CT molecular complexity index is 1300. The molecular weight excluding hydrogens is 458 g/mol. The molecular formula is C23H23N5O3S2. The summed E-state index contributed by atoms with van der Waals surface area (Å²) in [5, 5.41) is 21.5. The molecule has 1 N–H and O–H groups in total. The van der Waals surface area contributed by atoms with Gasteiger partial charge in [0.05, 0.1) is 27.0 Å². The average molecular weight is 482 g/mol. The van der Waals surface area contributed by atoms with Crippen LogP contribution in [-0.4, -0.2) is 32.1 Å². The van der Waals surface area contributed by atoms with Crippen LogP contribution in [0.15, 0.2) is 41.8 Å². The zero-order chi connectivity index (χ0) is 23.5. The molecule has 3 aromatic heterocycles. The molecule has 0 fully saturated rings. The number of nitro groups is 1. The van der Waals surface area contributed by atoms with Crippen molar-refractivity contribution >= 4 is 34.3 Å². The maximum absolute atomic E-state index is 12.5. The van der Waals surface area contributed by atoms with Crippen LogP contribution in [0.25, 0.3) is 10.6 Å². The van der Waals surface area contributed by atoms with Gasteiger partial charge in [-0.3, -0.25) is 19.6 Å². The molecule has 1 amide bonds. The lowest BCUT2D eigenvalue weighted by Gasteiger charge is -2.07. The number of nitrogens with zero attached hydrogens (tertiary/aromatic N) is 4. The predicted octanol–water partition coefficient (Wildman–Crippen LogP) is 4.92. The van der Waals surface area contributed by atoms with Gasteiger partial charge in [0.15, 0.2) is 0 Å². The largest absolute Gasteiger partial charge is 0.352 e. The van der Waals surface area contributed by atoms with Gasteiger partial charge >= 0.3 is 5.69 Å². The quantitative estimate of drug-likeness (QED) is 0.284. The van der Waals surface area contributed by atoms with Crippen molar-refractivity contribution in [1.82, 2.24) is 20.1 Å². The molecule has 0 radical (unpaired) electrons. The SMILES string of the molecule is Cc1nc(-c2ccc(CCNC(=O)c3ccc(Cn4nc(C)c([N+](=O)[O-])c4C)cc3)s2)cs1. The van der Waals surface area contributed by atoms with Gasteiger partial charge in [-0.05, 0) is 57.0 Å². The second-order valence-corrected chi connectivity index (χ2v) is 9.89. The van der Waals surface area contributed by atoms with Gasteiger partial charge in [0.1, 0.15) is 11.4 Å². The van der Waals surface area contributed by atoms with E-state index >= 15 is 0 Å². The van der Waals surface area contributed by atoms with E-state index in [1.54, 1.807) is 53.3 Å². The number of hydrogen-bond acceptors (Lipinski definition) is 7. The minimum absolute atomic E-state index is 0.0468. The maximum atomic E-state index is 12.5. The Kier molecular flexibility index (Phi) is 6.66. The molecule has 0 unspecified atom stereocenters. The lowest BCUT2D eigenvalue weighted by molar-refractivity contribution is -0.386. The number of amides is 1. The molecule has 10 heteroatoms. The van der Waals surface area contributed by atoms with E-state index in [0.717, 1.165) is 27.6 Å². The van der Waals surface area contributed by atoms with Gasteiger partial charge in [-0.1, -0.05) is 12.1 Å². The van der Waals surface area contributed by atoms with E-state index in [9.17, 15) is 14.9 Å². The van der Waals surface area contributed by atoms with E-state index < -0.39 is 4.92 Å². The van der Waals surface area contributed by atoms with Crippen LogP contribution in [0.2, 0.25) is 0 Å². The molecule has 4 rings (SSSR count). The molecule has 4 aromatic rings. The average Bonchev–Trinajstić information content (AvgIpc) is 3.48. The number of carbonyl (C=O) groups excluding carboxylic acids is 1. The molecule has 0 bridgehead atoms. The number of aromatic nitrogens is 3. The minimum atomic E-state index is -0.404. The summed E-state index contributed by atoms with van der Waals surface area (Å²) in [5.74, 6) is -0.129. The number of thiazole rings is 1. The van der Waals surface area contributed by atoms with E-state index in [-0.39, 0.29) is 11.6 Å². The van der Waals surface area contributed by atoms with Crippen molar-refractivity contribution in [3.8, 4) is 10.6 Å². The summed E-state index contributed by atoms with van der Waals surface area (Å²) < 4.78 is 1.62. The second kappa shape index (κ2) is 9.63. The van der Waals surface area contributed by atoms with Crippen LogP contribution < -0.4 is 5.32 Å². The van der Waals surface area contributed by atoms with Gasteiger partial charge in [-0.25, -0.2) is 4.98 Å². The number of nitrogens with one attached hydrogen (secondary N) is 1. The van der Waals surface area contributed by atoms with Crippen LogP contribution >= 0.6 is 22.7 Å². The monoisotopic (exact) mass is 481 g/mol. The van der Waals surface area contributed by atoms with E-state index in [0.29, 0.717) is 30.0 Å². The third-order valence-electron chi connectivity index (χ3n) is 5.26. The summed E-state index contributed by atoms with van der Waals surface area (Å²) in [6.07, 6.45) is 0.758. The van der Waals surface area contributed by atoms with E-state index in [4.69, 9.17) is 0 Å². The molecule has 0 aliphatic carbocycles. The zero-order valence-corrected chi connectivity index (χ0v) is 20.1. The number of hydrogen-bond donors (Lipinski definition) is 1. The summed E-state index contributed by atoms with van der Waals surface area (Å²) in [6, 6.07) is 11.4. The molecule has 170 valence electrons. The molecule has 0 saturated heterocycles. The molecule has 8 nitrogen and oxygen atoms in total. The Morgan fingerprint density at radius 2 is 1.91 bits per heavy atom. The van der Waals surface area contributed by atoms with Crippen LogP contribution in [0.5, 0.6) is 0 Å². The highest BCUT2D eigenvalue weighted by Crippen LogP contribution is 2.29. The van der Waals surface area contributed by atoms with Crippen molar-refractivity contribution in [1.29, 1.82) is 0 Å². The van der Waals surface area contributed by atoms with Crippen LogP contribution in [-0.2, 0) is 13.0 Å². The first-order valence-electron chi connectivity index (χ1n) is 10.4. The van der Waals surface area contributed by atoms with Crippen molar-refractivity contribution in [2.75, 3.05) is 6.54 Å². The topological polar surface area (TPSA) is 103 Å². The molecule has 0 aliphatic heterocycles. The Hall–Kier alpha value is -3.37. The summed E-state index contributed by atoms with van der Waals surface area (Å²) in [6.45, 7) is 6.27. The Morgan fingerprint density at radius 1 is 1.15 bits per heavy atom. The van der Waals surface area contributed by atoms with Crippen molar-refractivity contribution < 1.29 is 9.72 Å². The van der Waals surface area contributed by atoms with Gasteiger partial charge in [0, 0.05) is 22.4 Å². The molecule has 0 saturated carbocycles. The standard InChI is InChI=1S/C23H23N5O3S2/c1-14-22(28(30)31)15(2)27(26-14)12-17-4-6-18(7-5-17)23(29)24-11-10-19-8-9-21(33-19)20-13-32-16(3)25-20/h4-9,13H,10-12H2,1-3H3,(H,24,29). The number of rotatable bonds is 8. The summed E-state index contributed by atoms with van der Waals surface area (Å²) in [4.78, 5) is 30.1. The third-order valence-corrected chi connectivity index (χ3v) is 7.21. The first-order chi connectivity index (χ1) is 15.8. The molecule has 0 atom stereocenters. The lowest BCUT2D eigenvalue weighted by Crippen LogP contribution is -2.25. The Labute approximate surface area is 199 Å². The molecule has 1 aromatic carbocycles. The van der Waals surface area contributed by atoms with Crippen molar-refractivity contribution in [2.45, 2.75) is 33.7 Å². The maximum Gasteiger partial charge on any atom is 0.312 e. The second-order valence-electron chi connectivity index (χ2n) is 7.65. The Balaban J connectivity index is 1.31. The fourth-order valence-electron chi connectivity index (χ4n) is 3.57. The van der Waals surface area contributed by atoms with E-state index in [1.807, 2.05) is 19.1 Å². The Morgan fingerprint density at radius 3 is 2.55 bits per heavy atom. The van der Waals surface area contributed by atoms with Gasteiger partial charge in [0.25, 0.3) is 5.91 Å². The number of benzene rings is 1. The van der Waals surface area contributed by atoms with Crippen LogP contribution in [0.4, 0.5) is 5.69 Å². The normalized spacial score (nSPS) is 11.0. The van der Waals surface area contributed by atoms with E-state index in [1.165, 1.54) is 4.88 Å². The molecule has 3 heterocycles. The third kappa shape index (κ3) is 5.18. The highest BCUT2D eigenvalue weighted by atomic mass is 32.1. The number of carbonyl (C=O) groups is 1. The van der Waals surface area contributed by atoms with E-state index in [2.05, 4.69) is 32.9 Å². The summed E-state index contributed by atoms with van der Waals surface area (Å²) in [7, 11) is 0. The van der Waals surface area contributed by atoms with Crippen molar-refractivity contribution in [3.63, 3.8) is 0 Å². The summed E-state index contributed by atoms with van der Waals surface area (Å²) in [5.41, 5.74) is 3.45. The smallest absolute Gasteiger partial charge is 0.312 e. The zero-order valence-electron chi connectivity index (χ0n) is 18.5. The first-order valence-corrected chi connectivity index (χ1v) is 12.1. The number of thiophene rings is 1. The fourth-order valence-corrected chi connectivity index (χ4v) is 5.22. The summed E-state index contributed by atoms with van der Waals surface area (Å²) >= 11 is 3.34. The van der Waals surface area contributed by atoms with Crippen molar-refractivity contribution in [3.05, 3.63) is 84.3 Å². The van der Waals surface area contributed by atoms with Crippen LogP contribution in [0, 0.1) is 30.9 Å². The van der Waals surface area contributed by atoms with Crippen molar-refractivity contribution in [2.24, 2.45) is 0 Å². The molecule has 0 aliphatic rings. The highest BCUT2D eigenvalue weighted by Gasteiger charge is 2.21. The van der Waals surface area contributed by atoms with Gasteiger partial charge in [-0.2, -0.15) is 5.10 Å². The number of aryl methyl sites for hydroxylation is 2. The first kappa shape index (κ1) is 22.8. The molecule has 33 heavy (non-hydrogen) atoms. The van der Waals surface area contributed by atoms with Crippen LogP contribution in [0.1, 0.15) is 37.2 Å². The predicted molar refractivity (Wildman–Crippen MR) is 130 cm³/mol.